The van der Waals surface area contributed by atoms with Crippen LogP contribution in [0, 0.1) is 5.92 Å². The molecule has 1 aliphatic heterocycles. The van der Waals surface area contributed by atoms with Gasteiger partial charge in [0.05, 0.1) is 6.10 Å². The Morgan fingerprint density at radius 1 is 1.13 bits per heavy atom. The van der Waals surface area contributed by atoms with Crippen LogP contribution in [0.4, 0.5) is 0 Å². The maximum atomic E-state index is 11.8. The molecule has 5 nitrogen and oxygen atoms in total. The highest BCUT2D eigenvalue weighted by atomic mass is 16.5. The topological polar surface area (TPSA) is 44.8 Å². The van der Waals surface area contributed by atoms with Gasteiger partial charge in [-0.15, -0.1) is 0 Å². The molecule has 2 aliphatic rings. The van der Waals surface area contributed by atoms with E-state index in [-0.39, 0.29) is 18.6 Å². The van der Waals surface area contributed by atoms with Gasteiger partial charge in [-0.3, -0.25) is 4.79 Å². The van der Waals surface area contributed by atoms with E-state index >= 15 is 0 Å². The molecule has 1 aliphatic carbocycles. The van der Waals surface area contributed by atoms with E-state index in [4.69, 9.17) is 4.74 Å². The summed E-state index contributed by atoms with van der Waals surface area (Å²) in [6.45, 7) is 9.09. The maximum Gasteiger partial charge on any atom is 0.246 e. The zero-order valence-electron chi connectivity index (χ0n) is 15.1. The summed E-state index contributed by atoms with van der Waals surface area (Å²) < 4.78 is 5.79. The highest BCUT2D eigenvalue weighted by molar-refractivity contribution is 5.77. The van der Waals surface area contributed by atoms with Crippen molar-refractivity contribution in [2.45, 2.75) is 51.6 Å². The van der Waals surface area contributed by atoms with Gasteiger partial charge in [0.25, 0.3) is 0 Å². The largest absolute Gasteiger partial charge is 0.368 e. The van der Waals surface area contributed by atoms with Crippen molar-refractivity contribution in [2.75, 3.05) is 52.9 Å². The van der Waals surface area contributed by atoms with E-state index in [1.165, 1.54) is 45.4 Å². The Bertz CT molecular complexity index is 343. The minimum atomic E-state index is 0.0439. The Morgan fingerprint density at radius 2 is 1.87 bits per heavy atom. The minimum Gasteiger partial charge on any atom is -0.368 e. The molecule has 0 aromatic carbocycles. The van der Waals surface area contributed by atoms with E-state index in [9.17, 15) is 4.79 Å². The number of likely N-dealkylation sites (N-methyl/N-ethyl adjacent to an activating group) is 1. The number of carbonyl (C=O) groups excluding carboxylic acids is 1. The second-order valence-electron chi connectivity index (χ2n) is 7.31. The molecule has 0 aromatic rings. The summed E-state index contributed by atoms with van der Waals surface area (Å²) in [5, 5.41) is 2.99. The van der Waals surface area contributed by atoms with Gasteiger partial charge < -0.3 is 19.9 Å². The van der Waals surface area contributed by atoms with Crippen LogP contribution in [0.25, 0.3) is 0 Å². The van der Waals surface area contributed by atoms with E-state index in [1.807, 2.05) is 0 Å². The summed E-state index contributed by atoms with van der Waals surface area (Å²) in [7, 11) is 2.18. The highest BCUT2D eigenvalue weighted by Gasteiger charge is 2.22. The molecule has 0 radical (unpaired) electrons. The van der Waals surface area contributed by atoms with Gasteiger partial charge in [-0.25, -0.2) is 0 Å². The molecule has 0 unspecified atom stereocenters. The van der Waals surface area contributed by atoms with Crippen LogP contribution in [0.1, 0.15) is 45.4 Å². The van der Waals surface area contributed by atoms with E-state index < -0.39 is 0 Å². The van der Waals surface area contributed by atoms with Crippen LogP contribution in [0.3, 0.4) is 0 Å². The number of hydrogen-bond donors (Lipinski definition) is 1. The lowest BCUT2D eigenvalue weighted by Crippen LogP contribution is -2.44. The Morgan fingerprint density at radius 3 is 2.61 bits per heavy atom. The second-order valence-corrected chi connectivity index (χ2v) is 7.31. The number of nitrogens with zero attached hydrogens (tertiary/aromatic N) is 2. The molecule has 0 spiro atoms. The molecule has 23 heavy (non-hydrogen) atoms. The van der Waals surface area contributed by atoms with Gasteiger partial charge in [0, 0.05) is 32.7 Å². The first-order valence-electron chi connectivity index (χ1n) is 9.44. The average Bonchev–Trinajstić information content (AvgIpc) is 2.55. The molecule has 1 amide bonds. The van der Waals surface area contributed by atoms with Crippen molar-refractivity contribution in [1.82, 2.24) is 15.1 Å². The van der Waals surface area contributed by atoms with Crippen LogP contribution in [0.15, 0.2) is 0 Å². The number of unbranched alkanes of at least 4 members (excludes halogenated alkanes) is 1. The van der Waals surface area contributed by atoms with Crippen LogP contribution < -0.4 is 5.32 Å². The van der Waals surface area contributed by atoms with E-state index in [0.717, 1.165) is 32.4 Å². The van der Waals surface area contributed by atoms with Gasteiger partial charge in [-0.05, 0) is 45.2 Å². The first-order valence-corrected chi connectivity index (χ1v) is 9.44. The zero-order chi connectivity index (χ0) is 16.5. The molecule has 134 valence electrons. The van der Waals surface area contributed by atoms with Crippen LogP contribution in [0.5, 0.6) is 0 Å². The lowest BCUT2D eigenvalue weighted by molar-refractivity contribution is -0.129. The van der Waals surface area contributed by atoms with Crippen molar-refractivity contribution in [1.29, 1.82) is 0 Å². The van der Waals surface area contributed by atoms with Crippen LogP contribution in [-0.4, -0.2) is 74.7 Å². The fraction of sp³-hybridized carbons (Fsp3) is 0.944. The number of hydrogen-bond acceptors (Lipinski definition) is 4. The predicted octanol–water partition coefficient (Wildman–Crippen LogP) is 1.73. The van der Waals surface area contributed by atoms with Crippen molar-refractivity contribution >= 4 is 5.91 Å². The van der Waals surface area contributed by atoms with E-state index in [1.54, 1.807) is 0 Å². The Labute approximate surface area is 141 Å². The molecule has 0 aromatic heterocycles. The highest BCUT2D eigenvalue weighted by Crippen LogP contribution is 2.25. The number of nitrogens with one attached hydrogen (secondary N) is 1. The fourth-order valence-electron chi connectivity index (χ4n) is 3.52. The molecule has 5 heteroatoms. The monoisotopic (exact) mass is 325 g/mol. The third-order valence-corrected chi connectivity index (χ3v) is 5.28. The summed E-state index contributed by atoms with van der Waals surface area (Å²) in [5.41, 5.74) is 0. The smallest absolute Gasteiger partial charge is 0.246 e. The zero-order valence-corrected chi connectivity index (χ0v) is 15.1. The number of rotatable bonds is 8. The molecule has 1 heterocycles. The lowest BCUT2D eigenvalue weighted by atomic mass is 9.88. The van der Waals surface area contributed by atoms with E-state index in [0.29, 0.717) is 5.92 Å². The van der Waals surface area contributed by atoms with Crippen molar-refractivity contribution in [2.24, 2.45) is 5.92 Å². The second kappa shape index (κ2) is 10.3. The predicted molar refractivity (Wildman–Crippen MR) is 93.6 cm³/mol. The summed E-state index contributed by atoms with van der Waals surface area (Å²) >= 11 is 0. The molecule has 1 saturated heterocycles. The van der Waals surface area contributed by atoms with Gasteiger partial charge in [0.15, 0.2) is 0 Å². The maximum absolute atomic E-state index is 11.8. The van der Waals surface area contributed by atoms with Gasteiger partial charge in [0.1, 0.15) is 6.61 Å². The number of piperazine rings is 1. The third-order valence-electron chi connectivity index (χ3n) is 5.28. The summed E-state index contributed by atoms with van der Waals surface area (Å²) in [4.78, 5) is 16.7. The summed E-state index contributed by atoms with van der Waals surface area (Å²) in [5.74, 6) is 0.641. The molecule has 2 rings (SSSR count). The third kappa shape index (κ3) is 7.19. The molecule has 2 atom stereocenters. The molecule has 2 fully saturated rings. The van der Waals surface area contributed by atoms with Gasteiger partial charge >= 0.3 is 0 Å². The number of amides is 1. The normalized spacial score (nSPS) is 27.0. The average molecular weight is 325 g/mol. The standard InChI is InChI=1S/C18H35N3O2/c1-16-7-3-4-8-17(16)23-15-18(22)19-9-5-6-10-21-13-11-20(2)12-14-21/h16-17H,3-15H2,1-2H3,(H,19,22)/t16-,17-/m1/s1. The number of ether oxygens (including phenoxy) is 1. The van der Waals surface area contributed by atoms with Crippen molar-refractivity contribution in [3.63, 3.8) is 0 Å². The lowest BCUT2D eigenvalue weighted by Gasteiger charge is -2.32. The Kier molecular flexibility index (Phi) is 8.34. The molecule has 1 N–H and O–H groups in total. The minimum absolute atomic E-state index is 0.0439. The first kappa shape index (κ1) is 18.7. The van der Waals surface area contributed by atoms with E-state index in [2.05, 4.69) is 29.1 Å². The fourth-order valence-corrected chi connectivity index (χ4v) is 3.52. The summed E-state index contributed by atoms with van der Waals surface area (Å²) in [6, 6.07) is 0. The van der Waals surface area contributed by atoms with Crippen molar-refractivity contribution < 1.29 is 9.53 Å². The van der Waals surface area contributed by atoms with Gasteiger partial charge in [-0.1, -0.05) is 19.8 Å². The first-order chi connectivity index (χ1) is 11.1. The molecular weight excluding hydrogens is 290 g/mol. The quantitative estimate of drug-likeness (QED) is 0.690. The van der Waals surface area contributed by atoms with Gasteiger partial charge in [0.2, 0.25) is 5.91 Å². The Hall–Kier alpha value is -0.650. The number of carbonyl (C=O) groups is 1. The van der Waals surface area contributed by atoms with Crippen LogP contribution in [0.2, 0.25) is 0 Å². The molecule has 0 bridgehead atoms. The van der Waals surface area contributed by atoms with Crippen LogP contribution in [-0.2, 0) is 9.53 Å². The van der Waals surface area contributed by atoms with Crippen molar-refractivity contribution in [3.8, 4) is 0 Å². The molecule has 1 saturated carbocycles. The van der Waals surface area contributed by atoms with Crippen molar-refractivity contribution in [3.05, 3.63) is 0 Å². The molecular formula is C18H35N3O2. The summed E-state index contributed by atoms with van der Waals surface area (Å²) in [6.07, 6.45) is 7.39. The van der Waals surface area contributed by atoms with Gasteiger partial charge in [-0.2, -0.15) is 0 Å². The van der Waals surface area contributed by atoms with Crippen LogP contribution >= 0.6 is 0 Å². The Balaban J connectivity index is 1.45. The SMILES string of the molecule is C[C@@H]1CCCC[C@H]1OCC(=O)NCCCCN1CCN(C)CC1.